The van der Waals surface area contributed by atoms with E-state index in [1.54, 1.807) is 13.8 Å². The van der Waals surface area contributed by atoms with Crippen molar-refractivity contribution in [1.29, 1.82) is 0 Å². The maximum atomic E-state index is 11.7. The molecule has 0 aromatic carbocycles. The zero-order valence-electron chi connectivity index (χ0n) is 11.3. The third-order valence-electron chi connectivity index (χ3n) is 2.56. The molecule has 2 rings (SSSR count). The van der Waals surface area contributed by atoms with Gasteiger partial charge in [0.2, 0.25) is 5.28 Å². The van der Waals surface area contributed by atoms with Gasteiger partial charge in [-0.2, -0.15) is 0 Å². The van der Waals surface area contributed by atoms with Gasteiger partial charge in [0.1, 0.15) is 5.69 Å². The van der Waals surface area contributed by atoms with Crippen molar-refractivity contribution in [2.24, 2.45) is 0 Å². The lowest BCUT2D eigenvalue weighted by molar-refractivity contribution is -0.389. The van der Waals surface area contributed by atoms with Gasteiger partial charge in [-0.05, 0) is 44.1 Å². The highest BCUT2D eigenvalue weighted by molar-refractivity contribution is 7.99. The van der Waals surface area contributed by atoms with E-state index in [1.165, 1.54) is 11.5 Å². The zero-order valence-corrected chi connectivity index (χ0v) is 12.9. The SMILES string of the molecule is Cc1nc(Cl)nc(Sc2n[nH]c(=O)n2C(C)C)c1[N+](=O)[O-]. The van der Waals surface area contributed by atoms with Crippen LogP contribution in [-0.2, 0) is 0 Å². The first kappa shape index (κ1) is 15.4. The van der Waals surface area contributed by atoms with Crippen molar-refractivity contribution in [3.05, 3.63) is 31.6 Å². The minimum atomic E-state index is -0.585. The molecule has 2 aromatic heterocycles. The highest BCUT2D eigenvalue weighted by Gasteiger charge is 2.25. The molecule has 0 saturated heterocycles. The van der Waals surface area contributed by atoms with Crippen LogP contribution in [0.2, 0.25) is 5.28 Å². The molecular formula is C10H11ClN6O3S. The van der Waals surface area contributed by atoms with Crippen molar-refractivity contribution >= 4 is 29.1 Å². The molecule has 21 heavy (non-hydrogen) atoms. The lowest BCUT2D eigenvalue weighted by Crippen LogP contribution is -2.19. The average molecular weight is 331 g/mol. The summed E-state index contributed by atoms with van der Waals surface area (Å²) in [6.45, 7) is 5.07. The van der Waals surface area contributed by atoms with E-state index in [0.29, 0.717) is 0 Å². The van der Waals surface area contributed by atoms with Gasteiger partial charge in [-0.25, -0.2) is 19.9 Å². The van der Waals surface area contributed by atoms with Crippen molar-refractivity contribution < 1.29 is 4.92 Å². The summed E-state index contributed by atoms with van der Waals surface area (Å²) in [7, 11) is 0. The molecule has 0 radical (unpaired) electrons. The first-order chi connectivity index (χ1) is 9.81. The second-order valence-electron chi connectivity index (χ2n) is 4.37. The van der Waals surface area contributed by atoms with Gasteiger partial charge in [0, 0.05) is 6.04 Å². The normalized spacial score (nSPS) is 11.1. The molecule has 11 heteroatoms. The number of nitrogens with zero attached hydrogens (tertiary/aromatic N) is 5. The molecule has 0 fully saturated rings. The molecule has 112 valence electrons. The number of aryl methyl sites for hydroxylation is 1. The summed E-state index contributed by atoms with van der Waals surface area (Å²) in [4.78, 5) is 29.8. The largest absolute Gasteiger partial charge is 0.344 e. The molecule has 0 saturated carbocycles. The number of aromatic nitrogens is 5. The molecule has 0 spiro atoms. The van der Waals surface area contributed by atoms with E-state index >= 15 is 0 Å². The minimum Gasteiger partial charge on any atom is -0.267 e. The number of aromatic amines is 1. The van der Waals surface area contributed by atoms with Crippen LogP contribution >= 0.6 is 23.4 Å². The van der Waals surface area contributed by atoms with Crippen molar-refractivity contribution in [2.75, 3.05) is 0 Å². The van der Waals surface area contributed by atoms with Crippen LogP contribution in [0.1, 0.15) is 25.6 Å². The summed E-state index contributed by atoms with van der Waals surface area (Å²) < 4.78 is 1.37. The van der Waals surface area contributed by atoms with Gasteiger partial charge < -0.3 is 0 Å². The van der Waals surface area contributed by atoms with E-state index in [4.69, 9.17) is 11.6 Å². The second-order valence-corrected chi connectivity index (χ2v) is 5.66. The molecule has 0 aliphatic heterocycles. The van der Waals surface area contributed by atoms with Crippen LogP contribution in [0, 0.1) is 17.0 Å². The third kappa shape index (κ3) is 3.05. The zero-order chi connectivity index (χ0) is 15.7. The number of nitro groups is 1. The van der Waals surface area contributed by atoms with Crippen LogP contribution in [-0.4, -0.2) is 29.7 Å². The Kier molecular flexibility index (Phi) is 4.28. The summed E-state index contributed by atoms with van der Waals surface area (Å²) in [5.74, 6) is 0. The number of halogens is 1. The minimum absolute atomic E-state index is 0.0402. The summed E-state index contributed by atoms with van der Waals surface area (Å²) in [6, 6.07) is -0.156. The van der Waals surface area contributed by atoms with Gasteiger partial charge in [-0.15, -0.1) is 5.10 Å². The molecule has 0 aliphatic rings. The number of hydrogen-bond acceptors (Lipinski definition) is 7. The maximum Gasteiger partial charge on any atom is 0.344 e. The van der Waals surface area contributed by atoms with Crippen LogP contribution in [0.25, 0.3) is 0 Å². The van der Waals surface area contributed by atoms with Crippen LogP contribution in [0.5, 0.6) is 0 Å². The predicted molar refractivity (Wildman–Crippen MR) is 75.8 cm³/mol. The Hall–Kier alpha value is -1.94. The van der Waals surface area contributed by atoms with Gasteiger partial charge in [0.15, 0.2) is 10.2 Å². The van der Waals surface area contributed by atoms with E-state index in [0.717, 1.165) is 11.8 Å². The van der Waals surface area contributed by atoms with Gasteiger partial charge in [-0.1, -0.05) is 0 Å². The highest BCUT2D eigenvalue weighted by Crippen LogP contribution is 2.34. The summed E-state index contributed by atoms with van der Waals surface area (Å²) >= 11 is 6.64. The molecule has 0 unspecified atom stereocenters. The predicted octanol–water partition coefficient (Wildman–Crippen LogP) is 1.96. The smallest absolute Gasteiger partial charge is 0.267 e. The summed E-state index contributed by atoms with van der Waals surface area (Å²) in [5.41, 5.74) is -0.501. The summed E-state index contributed by atoms with van der Waals surface area (Å²) in [6.07, 6.45) is 0. The van der Waals surface area contributed by atoms with Gasteiger partial charge in [0.05, 0.1) is 4.92 Å². The van der Waals surface area contributed by atoms with Crippen molar-refractivity contribution in [2.45, 2.75) is 37.0 Å². The number of rotatable bonds is 4. The lowest BCUT2D eigenvalue weighted by atomic mass is 10.4. The first-order valence-corrected chi connectivity index (χ1v) is 7.04. The Morgan fingerprint density at radius 1 is 1.43 bits per heavy atom. The van der Waals surface area contributed by atoms with E-state index in [-0.39, 0.29) is 32.9 Å². The average Bonchev–Trinajstić information content (AvgIpc) is 2.68. The lowest BCUT2D eigenvalue weighted by Gasteiger charge is -2.08. The molecule has 0 aliphatic carbocycles. The fourth-order valence-corrected chi connectivity index (χ4v) is 3.06. The quantitative estimate of drug-likeness (QED) is 0.393. The van der Waals surface area contributed by atoms with E-state index in [2.05, 4.69) is 20.2 Å². The molecule has 0 amide bonds. The second kappa shape index (κ2) is 5.82. The standard InChI is InChI=1S/C10H11ClN6O3S/c1-4(2)16-9(18)14-15-10(16)21-7-6(17(19)20)5(3)12-8(11)13-7/h4H,1-3H3,(H,14,18). The third-order valence-corrected chi connectivity index (χ3v) is 3.68. The van der Waals surface area contributed by atoms with Crippen molar-refractivity contribution in [3.63, 3.8) is 0 Å². The van der Waals surface area contributed by atoms with Crippen molar-refractivity contribution in [1.82, 2.24) is 24.7 Å². The highest BCUT2D eigenvalue weighted by atomic mass is 35.5. The number of hydrogen-bond donors (Lipinski definition) is 1. The summed E-state index contributed by atoms with van der Waals surface area (Å²) in [5, 5.41) is 17.5. The van der Waals surface area contributed by atoms with E-state index in [1.807, 2.05) is 0 Å². The first-order valence-electron chi connectivity index (χ1n) is 5.84. The molecular weight excluding hydrogens is 320 g/mol. The Morgan fingerprint density at radius 3 is 2.67 bits per heavy atom. The molecule has 2 aromatic rings. The number of nitrogens with one attached hydrogen (secondary N) is 1. The molecule has 0 bridgehead atoms. The van der Waals surface area contributed by atoms with Crippen LogP contribution in [0.15, 0.2) is 15.0 Å². The fraction of sp³-hybridized carbons (Fsp3) is 0.400. The van der Waals surface area contributed by atoms with Crippen molar-refractivity contribution in [3.8, 4) is 0 Å². The van der Waals surface area contributed by atoms with Crippen LogP contribution in [0.4, 0.5) is 5.69 Å². The number of H-pyrrole nitrogens is 1. The molecule has 0 atom stereocenters. The maximum absolute atomic E-state index is 11.7. The van der Waals surface area contributed by atoms with Gasteiger partial charge >= 0.3 is 11.4 Å². The molecule has 2 heterocycles. The van der Waals surface area contributed by atoms with E-state index in [9.17, 15) is 14.9 Å². The van der Waals surface area contributed by atoms with Gasteiger partial charge in [-0.3, -0.25) is 14.7 Å². The Labute approximate surface area is 127 Å². The monoisotopic (exact) mass is 330 g/mol. The topological polar surface area (TPSA) is 120 Å². The Bertz CT molecular complexity index is 756. The Balaban J connectivity index is 2.54. The Morgan fingerprint density at radius 2 is 2.10 bits per heavy atom. The fourth-order valence-electron chi connectivity index (χ4n) is 1.69. The van der Waals surface area contributed by atoms with Gasteiger partial charge in [0.25, 0.3) is 0 Å². The van der Waals surface area contributed by atoms with Crippen LogP contribution < -0.4 is 5.69 Å². The van der Waals surface area contributed by atoms with Crippen LogP contribution in [0.3, 0.4) is 0 Å². The van der Waals surface area contributed by atoms with E-state index < -0.39 is 10.6 Å². The molecule has 1 N–H and O–H groups in total. The molecule has 9 nitrogen and oxygen atoms in total.